The van der Waals surface area contributed by atoms with Gasteiger partial charge in [-0.1, -0.05) is 0 Å². The molecule has 0 saturated carbocycles. The van der Waals surface area contributed by atoms with Crippen LogP contribution >= 0.6 is 0 Å². The molecule has 2 saturated heterocycles. The van der Waals surface area contributed by atoms with E-state index in [1.807, 2.05) is 20.8 Å². The molecule has 2 atom stereocenters. The van der Waals surface area contributed by atoms with Crippen molar-refractivity contribution in [1.82, 2.24) is 9.80 Å². The molecule has 0 bridgehead atoms. The highest BCUT2D eigenvalue weighted by Crippen LogP contribution is 2.25. The smallest absolute Gasteiger partial charge is 0.410 e. The van der Waals surface area contributed by atoms with Crippen LogP contribution in [0, 0.1) is 5.92 Å². The van der Waals surface area contributed by atoms with Crippen molar-refractivity contribution in [3.63, 3.8) is 0 Å². The fraction of sp³-hybridized carbons (Fsp3) is 0.867. The first-order valence-corrected chi connectivity index (χ1v) is 7.71. The molecule has 2 aliphatic rings. The van der Waals surface area contributed by atoms with Gasteiger partial charge in [-0.25, -0.2) is 4.79 Å². The second-order valence-electron chi connectivity index (χ2n) is 7.05. The highest BCUT2D eigenvalue weighted by atomic mass is 16.6. The van der Waals surface area contributed by atoms with Gasteiger partial charge in [-0.3, -0.25) is 9.69 Å². The maximum atomic E-state index is 12.2. The van der Waals surface area contributed by atoms with E-state index in [4.69, 9.17) is 4.74 Å². The van der Waals surface area contributed by atoms with Crippen LogP contribution in [0.2, 0.25) is 0 Å². The van der Waals surface area contributed by atoms with E-state index in [-0.39, 0.29) is 12.6 Å². The number of likely N-dealkylation sites (tertiary alicyclic amines) is 2. The van der Waals surface area contributed by atoms with Crippen molar-refractivity contribution in [3.05, 3.63) is 0 Å². The molecule has 0 radical (unpaired) electrons. The minimum atomic E-state index is -0.826. The Morgan fingerprint density at radius 2 is 1.76 bits per heavy atom. The minimum Gasteiger partial charge on any atom is -0.481 e. The van der Waals surface area contributed by atoms with Gasteiger partial charge >= 0.3 is 12.1 Å². The van der Waals surface area contributed by atoms with Gasteiger partial charge in [-0.2, -0.15) is 0 Å². The SMILES string of the molecule is CC(C)(C)OC(=O)N1C[C@@H](C(=O)O)C[C@@H](N2CCCC2)C1. The predicted octanol–water partition coefficient (Wildman–Crippen LogP) is 1.79. The lowest BCUT2D eigenvalue weighted by Crippen LogP contribution is -2.54. The van der Waals surface area contributed by atoms with E-state index in [0.29, 0.717) is 13.0 Å². The maximum absolute atomic E-state index is 12.2. The number of ether oxygens (including phenoxy) is 1. The van der Waals surface area contributed by atoms with E-state index < -0.39 is 23.6 Å². The zero-order chi connectivity index (χ0) is 15.6. The van der Waals surface area contributed by atoms with Crippen LogP contribution in [0.4, 0.5) is 4.79 Å². The number of hydrogen-bond donors (Lipinski definition) is 1. The van der Waals surface area contributed by atoms with Crippen molar-refractivity contribution in [1.29, 1.82) is 0 Å². The molecule has 1 N–H and O–H groups in total. The second-order valence-corrected chi connectivity index (χ2v) is 7.05. The number of aliphatic carboxylic acids is 1. The first kappa shape index (κ1) is 16.1. The minimum absolute atomic E-state index is 0.134. The van der Waals surface area contributed by atoms with Crippen LogP contribution in [-0.2, 0) is 9.53 Å². The molecule has 0 aromatic heterocycles. The first-order valence-electron chi connectivity index (χ1n) is 7.71. The molecular weight excluding hydrogens is 272 g/mol. The van der Waals surface area contributed by atoms with Gasteiger partial charge < -0.3 is 14.7 Å². The van der Waals surface area contributed by atoms with Gasteiger partial charge in [0.05, 0.1) is 5.92 Å². The monoisotopic (exact) mass is 298 g/mol. The zero-order valence-electron chi connectivity index (χ0n) is 13.2. The van der Waals surface area contributed by atoms with Gasteiger partial charge in [0.25, 0.3) is 0 Å². The van der Waals surface area contributed by atoms with E-state index in [1.165, 1.54) is 0 Å². The van der Waals surface area contributed by atoms with Crippen molar-refractivity contribution in [3.8, 4) is 0 Å². The summed E-state index contributed by atoms with van der Waals surface area (Å²) in [6.07, 6.45) is 2.52. The normalized spacial score (nSPS) is 27.7. The van der Waals surface area contributed by atoms with Gasteiger partial charge in [0.15, 0.2) is 0 Å². The molecule has 0 unspecified atom stereocenters. The summed E-state index contributed by atoms with van der Waals surface area (Å²) in [6.45, 7) is 8.27. The summed E-state index contributed by atoms with van der Waals surface area (Å²) in [5.74, 6) is -1.33. The predicted molar refractivity (Wildman–Crippen MR) is 78.1 cm³/mol. The molecule has 0 aromatic rings. The number of hydrogen-bond acceptors (Lipinski definition) is 4. The van der Waals surface area contributed by atoms with Gasteiger partial charge in [0.1, 0.15) is 5.60 Å². The number of carboxylic acids is 1. The Labute approximate surface area is 126 Å². The zero-order valence-corrected chi connectivity index (χ0v) is 13.2. The molecule has 6 nitrogen and oxygen atoms in total. The Balaban J connectivity index is 2.05. The number of amides is 1. The number of carboxylic acid groups (broad SMARTS) is 1. The van der Waals surface area contributed by atoms with Gasteiger partial charge in [-0.15, -0.1) is 0 Å². The average Bonchev–Trinajstić information content (AvgIpc) is 2.90. The van der Waals surface area contributed by atoms with Crippen molar-refractivity contribution in [2.24, 2.45) is 5.92 Å². The number of carbonyl (C=O) groups is 2. The molecule has 2 heterocycles. The van der Waals surface area contributed by atoms with Crippen LogP contribution in [0.5, 0.6) is 0 Å². The number of piperidine rings is 1. The standard InChI is InChI=1S/C15H26N2O4/c1-15(2,3)21-14(20)17-9-11(13(18)19)8-12(10-17)16-6-4-5-7-16/h11-12H,4-10H2,1-3H3,(H,18,19)/t11-,12+/m0/s1. The lowest BCUT2D eigenvalue weighted by atomic mass is 9.93. The summed E-state index contributed by atoms with van der Waals surface area (Å²) < 4.78 is 5.39. The first-order chi connectivity index (χ1) is 9.76. The quantitative estimate of drug-likeness (QED) is 0.841. The Hall–Kier alpha value is -1.30. The third-order valence-corrected chi connectivity index (χ3v) is 4.09. The van der Waals surface area contributed by atoms with E-state index in [2.05, 4.69) is 4.90 Å². The highest BCUT2D eigenvalue weighted by molar-refractivity contribution is 5.73. The molecule has 1 amide bonds. The van der Waals surface area contributed by atoms with Crippen molar-refractivity contribution >= 4 is 12.1 Å². The number of carbonyl (C=O) groups excluding carboxylic acids is 1. The van der Waals surface area contributed by atoms with Crippen LogP contribution in [0.15, 0.2) is 0 Å². The summed E-state index contributed by atoms with van der Waals surface area (Å²) >= 11 is 0. The number of nitrogens with zero attached hydrogens (tertiary/aromatic N) is 2. The van der Waals surface area contributed by atoms with Gasteiger partial charge in [-0.05, 0) is 53.1 Å². The lowest BCUT2D eigenvalue weighted by Gasteiger charge is -2.40. The summed E-state index contributed by atoms with van der Waals surface area (Å²) in [7, 11) is 0. The van der Waals surface area contributed by atoms with Crippen molar-refractivity contribution in [2.45, 2.75) is 51.7 Å². The van der Waals surface area contributed by atoms with E-state index in [0.717, 1.165) is 25.9 Å². The molecule has 6 heteroatoms. The third-order valence-electron chi connectivity index (χ3n) is 4.09. The molecule has 0 spiro atoms. The lowest BCUT2D eigenvalue weighted by molar-refractivity contribution is -0.144. The Bertz CT molecular complexity index is 399. The molecular formula is C15H26N2O4. The maximum Gasteiger partial charge on any atom is 0.410 e. The van der Waals surface area contributed by atoms with Crippen LogP contribution in [0.3, 0.4) is 0 Å². The van der Waals surface area contributed by atoms with Gasteiger partial charge in [0.2, 0.25) is 0 Å². The topological polar surface area (TPSA) is 70.1 Å². The van der Waals surface area contributed by atoms with Crippen LogP contribution in [0.1, 0.15) is 40.0 Å². The third kappa shape index (κ3) is 4.33. The summed E-state index contributed by atoms with van der Waals surface area (Å²) in [5.41, 5.74) is -0.559. The largest absolute Gasteiger partial charge is 0.481 e. The van der Waals surface area contributed by atoms with Crippen LogP contribution < -0.4 is 0 Å². The van der Waals surface area contributed by atoms with Crippen molar-refractivity contribution < 1.29 is 19.4 Å². The van der Waals surface area contributed by atoms with Crippen molar-refractivity contribution in [2.75, 3.05) is 26.2 Å². The van der Waals surface area contributed by atoms with Crippen LogP contribution in [-0.4, -0.2) is 64.8 Å². The van der Waals surface area contributed by atoms with E-state index >= 15 is 0 Å². The Morgan fingerprint density at radius 3 is 2.29 bits per heavy atom. The van der Waals surface area contributed by atoms with E-state index in [9.17, 15) is 14.7 Å². The average molecular weight is 298 g/mol. The molecule has 21 heavy (non-hydrogen) atoms. The van der Waals surface area contributed by atoms with E-state index in [1.54, 1.807) is 4.90 Å². The Morgan fingerprint density at radius 1 is 1.14 bits per heavy atom. The highest BCUT2D eigenvalue weighted by Gasteiger charge is 2.38. The molecule has 0 aliphatic carbocycles. The molecule has 0 aromatic carbocycles. The molecule has 2 aliphatic heterocycles. The number of rotatable bonds is 2. The molecule has 2 fully saturated rings. The van der Waals surface area contributed by atoms with Gasteiger partial charge in [0, 0.05) is 19.1 Å². The summed E-state index contributed by atoms with van der Waals surface area (Å²) in [4.78, 5) is 27.5. The summed E-state index contributed by atoms with van der Waals surface area (Å²) in [5, 5.41) is 9.33. The fourth-order valence-corrected chi connectivity index (χ4v) is 3.10. The van der Waals surface area contributed by atoms with Crippen LogP contribution in [0.25, 0.3) is 0 Å². The second kappa shape index (κ2) is 6.22. The molecule has 120 valence electrons. The Kier molecular flexibility index (Phi) is 4.76. The molecule has 2 rings (SSSR count). The fourth-order valence-electron chi connectivity index (χ4n) is 3.10. The summed E-state index contributed by atoms with van der Waals surface area (Å²) in [6, 6.07) is 0.134.